The fourth-order valence-corrected chi connectivity index (χ4v) is 9.50. The Balaban J connectivity index is 1.12. The Labute approximate surface area is 394 Å². The summed E-state index contributed by atoms with van der Waals surface area (Å²) in [6.07, 6.45) is 4.33. The van der Waals surface area contributed by atoms with Crippen LogP contribution in [-0.4, -0.2) is 93.4 Å². The molecule has 0 unspecified atom stereocenters. The van der Waals surface area contributed by atoms with Gasteiger partial charge < -0.3 is 34.1 Å². The van der Waals surface area contributed by atoms with E-state index in [1.165, 1.54) is 19.8 Å². The summed E-state index contributed by atoms with van der Waals surface area (Å²) in [7, 11) is 2.62. The number of imidazole rings is 1. The van der Waals surface area contributed by atoms with Crippen LogP contribution >= 0.6 is 0 Å². The second-order valence-electron chi connectivity index (χ2n) is 19.7. The molecule has 67 heavy (non-hydrogen) atoms. The molecule has 0 aliphatic carbocycles. The number of esters is 1. The number of hydrogen-bond acceptors (Lipinski definition) is 8. The molecule has 354 valence electrons. The van der Waals surface area contributed by atoms with E-state index in [-0.39, 0.29) is 53.7 Å². The SMILES string of the molecule is COC(=O)C[C@H](C(=O)N1CCC[C@H]1C(=O)Cc1ccc(-c2ccc(-c3ccc(-c4cnc([C@@H]5CCCN5C(=O)[C@@H](NC(=O)OC)C(C)C)[nH]4)cc3)n2-c2ccc(C(C)(C)C)cc2)cc1)C(C)C. The standard InChI is InChI=1S/C54H66N6O7/c1-33(2)41(31-48(62)66-8)51(63)58-28-10-12-45(58)47(61)30-35-14-16-37(17-15-35)43-26-27-44(60(43)40-24-22-39(23-25-40)54(5,6)7)38-20-18-36(19-21-38)42-32-55-50(56-42)46-13-11-29-59(46)52(64)49(34(3)4)57-53(65)67-9/h14-27,32-34,41,45-46,49H,10-13,28-31H2,1-9H3,(H,55,56)(H,57,65)/t41-,45-,46-,49-/m0/s1. The molecule has 2 aromatic heterocycles. The zero-order valence-corrected chi connectivity index (χ0v) is 40.4. The molecule has 0 spiro atoms. The van der Waals surface area contributed by atoms with Gasteiger partial charge in [-0.1, -0.05) is 109 Å². The number of methoxy groups -OCH3 is 2. The number of ketones is 1. The number of Topliss-reactive ketones (excluding diaryl/α,β-unsaturated/α-hetero) is 1. The van der Waals surface area contributed by atoms with Crippen molar-refractivity contribution in [3.8, 4) is 39.5 Å². The average molecular weight is 911 g/mol. The Bertz CT molecular complexity index is 2550. The molecule has 3 aromatic carbocycles. The topological polar surface area (TPSA) is 156 Å². The van der Waals surface area contributed by atoms with Gasteiger partial charge in [-0.15, -0.1) is 0 Å². The first kappa shape index (κ1) is 48.4. The lowest BCUT2D eigenvalue weighted by Crippen LogP contribution is -2.51. The number of H-pyrrole nitrogens is 1. The molecule has 7 rings (SSSR count). The fraction of sp³-hybridized carbons (Fsp3) is 0.444. The van der Waals surface area contributed by atoms with Crippen LogP contribution in [0.2, 0.25) is 0 Å². The predicted octanol–water partition coefficient (Wildman–Crippen LogP) is 9.48. The van der Waals surface area contributed by atoms with E-state index in [0.29, 0.717) is 25.3 Å². The molecule has 3 amide bonds. The van der Waals surface area contributed by atoms with Gasteiger partial charge in [0.1, 0.15) is 11.9 Å². The van der Waals surface area contributed by atoms with Gasteiger partial charge in [0.05, 0.1) is 61.9 Å². The van der Waals surface area contributed by atoms with Crippen LogP contribution in [0.1, 0.15) is 104 Å². The smallest absolute Gasteiger partial charge is 0.407 e. The second-order valence-corrected chi connectivity index (χ2v) is 19.7. The van der Waals surface area contributed by atoms with Crippen molar-refractivity contribution in [3.63, 3.8) is 0 Å². The van der Waals surface area contributed by atoms with Gasteiger partial charge >= 0.3 is 12.1 Å². The van der Waals surface area contributed by atoms with Crippen LogP contribution in [0.3, 0.4) is 0 Å². The van der Waals surface area contributed by atoms with E-state index in [0.717, 1.165) is 64.3 Å². The van der Waals surface area contributed by atoms with Crippen LogP contribution in [0.4, 0.5) is 4.79 Å². The van der Waals surface area contributed by atoms with Gasteiger partial charge in [-0.25, -0.2) is 9.78 Å². The highest BCUT2D eigenvalue weighted by molar-refractivity contribution is 5.93. The number of carbonyl (C=O) groups excluding carboxylic acids is 5. The lowest BCUT2D eigenvalue weighted by molar-refractivity contribution is -0.149. The maximum Gasteiger partial charge on any atom is 0.407 e. The summed E-state index contributed by atoms with van der Waals surface area (Å²) in [5, 5.41) is 2.71. The first-order valence-electron chi connectivity index (χ1n) is 23.6. The first-order valence-corrected chi connectivity index (χ1v) is 23.6. The molecule has 4 atom stereocenters. The number of amides is 3. The Morgan fingerprint density at radius 1 is 0.731 bits per heavy atom. The Hall–Kier alpha value is -6.50. The number of benzene rings is 3. The van der Waals surface area contributed by atoms with Gasteiger partial charge in [-0.2, -0.15) is 0 Å². The van der Waals surface area contributed by atoms with Crippen molar-refractivity contribution in [2.24, 2.45) is 17.8 Å². The molecule has 0 bridgehead atoms. The van der Waals surface area contributed by atoms with Crippen molar-refractivity contribution >= 4 is 29.7 Å². The third-order valence-corrected chi connectivity index (χ3v) is 13.5. The molecular weight excluding hydrogens is 845 g/mol. The highest BCUT2D eigenvalue weighted by Crippen LogP contribution is 2.37. The van der Waals surface area contributed by atoms with Crippen LogP contribution < -0.4 is 5.32 Å². The minimum atomic E-state index is -0.709. The summed E-state index contributed by atoms with van der Waals surface area (Å²) < 4.78 is 11.9. The summed E-state index contributed by atoms with van der Waals surface area (Å²) in [5.74, 6) is -0.754. The van der Waals surface area contributed by atoms with Crippen molar-refractivity contribution in [2.45, 2.75) is 111 Å². The van der Waals surface area contributed by atoms with E-state index in [2.05, 4.69) is 108 Å². The molecular formula is C54H66N6O7. The molecule has 2 fully saturated rings. The summed E-state index contributed by atoms with van der Waals surface area (Å²) in [4.78, 5) is 77.2. The maximum atomic E-state index is 13.8. The largest absolute Gasteiger partial charge is 0.469 e. The van der Waals surface area contributed by atoms with Gasteiger partial charge in [-0.3, -0.25) is 19.2 Å². The van der Waals surface area contributed by atoms with E-state index < -0.39 is 30.1 Å². The predicted molar refractivity (Wildman–Crippen MR) is 259 cm³/mol. The number of ether oxygens (including phenoxy) is 2. The van der Waals surface area contributed by atoms with Crippen LogP contribution in [0, 0.1) is 17.8 Å². The van der Waals surface area contributed by atoms with Crippen LogP contribution in [0.25, 0.3) is 39.5 Å². The molecule has 5 aromatic rings. The first-order chi connectivity index (χ1) is 32.0. The van der Waals surface area contributed by atoms with E-state index in [4.69, 9.17) is 14.5 Å². The molecule has 2 aliphatic rings. The minimum absolute atomic E-state index is 0.000949. The van der Waals surface area contributed by atoms with E-state index in [1.54, 1.807) is 4.90 Å². The Morgan fingerprint density at radius 3 is 1.91 bits per heavy atom. The minimum Gasteiger partial charge on any atom is -0.469 e. The number of nitrogens with zero attached hydrogens (tertiary/aromatic N) is 4. The summed E-state index contributed by atoms with van der Waals surface area (Å²) >= 11 is 0. The van der Waals surface area contributed by atoms with E-state index >= 15 is 0 Å². The summed E-state index contributed by atoms with van der Waals surface area (Å²) in [5.41, 5.74) is 8.91. The summed E-state index contributed by atoms with van der Waals surface area (Å²) in [6, 6.07) is 28.0. The molecule has 13 heteroatoms. The normalized spacial score (nSPS) is 17.2. The molecule has 0 saturated carbocycles. The lowest BCUT2D eigenvalue weighted by Gasteiger charge is -2.30. The van der Waals surface area contributed by atoms with Crippen molar-refractivity contribution in [1.82, 2.24) is 29.7 Å². The van der Waals surface area contributed by atoms with Crippen molar-refractivity contribution in [1.29, 1.82) is 0 Å². The quantitative estimate of drug-likeness (QED) is 0.0985. The number of aromatic amines is 1. The van der Waals surface area contributed by atoms with Gasteiger partial charge in [0.25, 0.3) is 0 Å². The third-order valence-electron chi connectivity index (χ3n) is 13.5. The van der Waals surface area contributed by atoms with Crippen molar-refractivity contribution in [3.05, 3.63) is 108 Å². The van der Waals surface area contributed by atoms with Crippen molar-refractivity contribution < 1.29 is 33.4 Å². The monoisotopic (exact) mass is 910 g/mol. The maximum absolute atomic E-state index is 13.8. The number of alkyl carbamates (subject to hydrolysis) is 1. The number of hydrogen-bond donors (Lipinski definition) is 2. The van der Waals surface area contributed by atoms with Crippen LogP contribution in [0.5, 0.6) is 0 Å². The van der Waals surface area contributed by atoms with Crippen LogP contribution in [0.15, 0.2) is 91.1 Å². The molecule has 13 nitrogen and oxygen atoms in total. The Kier molecular flexibility index (Phi) is 14.9. The average Bonchev–Trinajstić information content (AvgIpc) is 4.16. The van der Waals surface area contributed by atoms with Gasteiger partial charge in [0.15, 0.2) is 5.78 Å². The van der Waals surface area contributed by atoms with Gasteiger partial charge in [0, 0.05) is 25.2 Å². The second kappa shape index (κ2) is 20.6. The number of carbonyl (C=O) groups is 5. The Morgan fingerprint density at radius 2 is 1.33 bits per heavy atom. The van der Waals surface area contributed by atoms with E-state index in [1.807, 2.05) is 50.9 Å². The van der Waals surface area contributed by atoms with Gasteiger partial charge in [0.2, 0.25) is 11.8 Å². The zero-order valence-electron chi connectivity index (χ0n) is 40.4. The number of likely N-dealkylation sites (tertiary alicyclic amines) is 2. The fourth-order valence-electron chi connectivity index (χ4n) is 9.50. The third kappa shape index (κ3) is 10.7. The number of nitrogens with one attached hydrogen (secondary N) is 2. The molecule has 4 heterocycles. The molecule has 2 aliphatic heterocycles. The van der Waals surface area contributed by atoms with E-state index in [9.17, 15) is 24.0 Å². The summed E-state index contributed by atoms with van der Waals surface area (Å²) in [6.45, 7) is 15.3. The number of aromatic nitrogens is 3. The molecule has 0 radical (unpaired) electrons. The highest BCUT2D eigenvalue weighted by atomic mass is 16.5. The lowest BCUT2D eigenvalue weighted by atomic mass is 9.87. The molecule has 2 N–H and O–H groups in total. The highest BCUT2D eigenvalue weighted by Gasteiger charge is 2.39. The van der Waals surface area contributed by atoms with Crippen molar-refractivity contribution in [2.75, 3.05) is 27.3 Å². The molecule has 2 saturated heterocycles. The van der Waals surface area contributed by atoms with Gasteiger partial charge in [-0.05, 0) is 95.0 Å². The van der Waals surface area contributed by atoms with Crippen LogP contribution in [-0.2, 0) is 40.5 Å². The number of rotatable bonds is 15. The zero-order chi connectivity index (χ0) is 48.2.